The zero-order valence-electron chi connectivity index (χ0n) is 9.51. The Morgan fingerprint density at radius 1 is 1.37 bits per heavy atom. The molecule has 1 atom stereocenters. The minimum absolute atomic E-state index is 0.115. The lowest BCUT2D eigenvalue weighted by Crippen LogP contribution is -2.25. The summed E-state index contributed by atoms with van der Waals surface area (Å²) in [5.74, 6) is -0.583. The molecule has 0 radical (unpaired) electrons. The molecule has 2 rings (SSSR count). The third-order valence-electron chi connectivity index (χ3n) is 2.70. The van der Waals surface area contributed by atoms with Crippen molar-refractivity contribution in [3.63, 3.8) is 0 Å². The zero-order valence-corrected chi connectivity index (χ0v) is 14.3. The van der Waals surface area contributed by atoms with Gasteiger partial charge in [0.2, 0.25) is 15.0 Å². The first-order valence-electron chi connectivity index (χ1n) is 5.30. The van der Waals surface area contributed by atoms with E-state index in [1.165, 1.54) is 0 Å². The van der Waals surface area contributed by atoms with Gasteiger partial charge < -0.3 is 4.90 Å². The molecule has 1 aromatic rings. The van der Waals surface area contributed by atoms with E-state index in [1.54, 1.807) is 17.0 Å². The fourth-order valence-corrected chi connectivity index (χ4v) is 4.44. The molecule has 104 valence electrons. The minimum Gasteiger partial charge on any atom is -0.312 e. The molecule has 9 heteroatoms. The van der Waals surface area contributed by atoms with Crippen molar-refractivity contribution in [2.75, 3.05) is 17.2 Å². The van der Waals surface area contributed by atoms with E-state index in [0.717, 1.165) is 0 Å². The lowest BCUT2D eigenvalue weighted by molar-refractivity contribution is -0.117. The van der Waals surface area contributed by atoms with Gasteiger partial charge in [-0.15, -0.1) is 0 Å². The average molecular weight is 433 g/mol. The van der Waals surface area contributed by atoms with Crippen molar-refractivity contribution < 1.29 is 13.2 Å². The number of pyridine rings is 1. The maximum atomic E-state index is 11.9. The van der Waals surface area contributed by atoms with E-state index in [1.807, 2.05) is 0 Å². The lowest BCUT2D eigenvalue weighted by atomic mass is 10.1. The largest absolute Gasteiger partial charge is 0.312 e. The fourth-order valence-electron chi connectivity index (χ4n) is 2.03. The smallest absolute Gasteiger partial charge is 0.232 e. The van der Waals surface area contributed by atoms with Crippen LogP contribution in [0.15, 0.2) is 21.3 Å². The zero-order chi connectivity index (χ0) is 14.2. The predicted octanol–water partition coefficient (Wildman–Crippen LogP) is 2.53. The SMILES string of the molecule is O=C1CC(CS(=O)(=O)Cl)CN1c1cc(Br)nc(Br)c1. The molecule has 0 bridgehead atoms. The standard InChI is InChI=1S/C10H9Br2ClN2O3S/c11-8-2-7(3-9(12)14-8)15-4-6(1-10(15)16)5-19(13,17)18/h2-3,6H,1,4-5H2. The maximum Gasteiger partial charge on any atom is 0.232 e. The number of hydrogen-bond donors (Lipinski definition) is 0. The summed E-state index contributed by atoms with van der Waals surface area (Å²) in [6, 6.07) is 3.42. The summed E-state index contributed by atoms with van der Waals surface area (Å²) in [7, 11) is 1.63. The average Bonchev–Trinajstić information content (AvgIpc) is 2.54. The normalized spacial score (nSPS) is 20.1. The number of anilines is 1. The quantitative estimate of drug-likeness (QED) is 0.544. The monoisotopic (exact) mass is 430 g/mol. The van der Waals surface area contributed by atoms with Crippen LogP contribution in [-0.2, 0) is 13.8 Å². The van der Waals surface area contributed by atoms with Crippen LogP contribution in [-0.4, -0.2) is 31.6 Å². The van der Waals surface area contributed by atoms with Crippen molar-refractivity contribution in [3.8, 4) is 0 Å². The van der Waals surface area contributed by atoms with Gasteiger partial charge in [-0.3, -0.25) is 4.79 Å². The highest BCUT2D eigenvalue weighted by Gasteiger charge is 2.33. The van der Waals surface area contributed by atoms with Gasteiger partial charge in [0.15, 0.2) is 0 Å². The fraction of sp³-hybridized carbons (Fsp3) is 0.400. The first-order valence-corrected chi connectivity index (χ1v) is 9.37. The molecule has 1 amide bonds. The first-order chi connectivity index (χ1) is 8.74. The van der Waals surface area contributed by atoms with Crippen molar-refractivity contribution >= 4 is 63.2 Å². The summed E-state index contributed by atoms with van der Waals surface area (Å²) in [6.07, 6.45) is 0.184. The van der Waals surface area contributed by atoms with Gasteiger partial charge in [-0.25, -0.2) is 13.4 Å². The van der Waals surface area contributed by atoms with Crippen molar-refractivity contribution in [2.45, 2.75) is 6.42 Å². The predicted molar refractivity (Wildman–Crippen MR) is 79.7 cm³/mol. The second-order valence-corrected chi connectivity index (χ2v) is 8.70. The lowest BCUT2D eigenvalue weighted by Gasteiger charge is -2.17. The highest BCUT2D eigenvalue weighted by atomic mass is 79.9. The Morgan fingerprint density at radius 2 is 1.95 bits per heavy atom. The molecule has 1 aliphatic heterocycles. The number of halogens is 3. The summed E-state index contributed by atoms with van der Waals surface area (Å²) >= 11 is 6.50. The third-order valence-corrected chi connectivity index (χ3v) is 4.76. The molecule has 1 saturated heterocycles. The van der Waals surface area contributed by atoms with Gasteiger partial charge in [-0.1, -0.05) is 0 Å². The Morgan fingerprint density at radius 3 is 2.47 bits per heavy atom. The summed E-state index contributed by atoms with van der Waals surface area (Å²) in [4.78, 5) is 17.6. The summed E-state index contributed by atoms with van der Waals surface area (Å²) in [5, 5.41) is 0. The Bertz CT molecular complexity index is 603. The van der Waals surface area contributed by atoms with E-state index in [-0.39, 0.29) is 24.0 Å². The van der Waals surface area contributed by atoms with E-state index in [0.29, 0.717) is 21.4 Å². The molecule has 2 heterocycles. The van der Waals surface area contributed by atoms with Crippen LogP contribution >= 0.6 is 42.5 Å². The van der Waals surface area contributed by atoms with Gasteiger partial charge in [0.1, 0.15) is 9.21 Å². The Balaban J connectivity index is 2.20. The molecule has 19 heavy (non-hydrogen) atoms. The molecule has 0 aliphatic carbocycles. The van der Waals surface area contributed by atoms with Crippen molar-refractivity contribution in [3.05, 3.63) is 21.3 Å². The number of nitrogens with zero attached hydrogens (tertiary/aromatic N) is 2. The highest BCUT2D eigenvalue weighted by Crippen LogP contribution is 2.29. The van der Waals surface area contributed by atoms with Gasteiger partial charge in [0.25, 0.3) is 0 Å². The molecule has 0 saturated carbocycles. The Hall–Kier alpha value is -0.180. The number of amides is 1. The van der Waals surface area contributed by atoms with Crippen LogP contribution in [0.2, 0.25) is 0 Å². The molecular formula is C10H9Br2ClN2O3S. The van der Waals surface area contributed by atoms with Gasteiger partial charge in [-0.2, -0.15) is 0 Å². The van der Waals surface area contributed by atoms with Crippen molar-refractivity contribution in [1.29, 1.82) is 0 Å². The Labute approximate surface area is 132 Å². The number of hydrogen-bond acceptors (Lipinski definition) is 4. The molecule has 0 N–H and O–H groups in total. The maximum absolute atomic E-state index is 11.9. The summed E-state index contributed by atoms with van der Waals surface area (Å²) in [5.41, 5.74) is 0.674. The van der Waals surface area contributed by atoms with Gasteiger partial charge in [0, 0.05) is 35.3 Å². The molecule has 1 unspecified atom stereocenters. The number of carbonyl (C=O) groups excluding carboxylic acids is 1. The van der Waals surface area contributed by atoms with Crippen LogP contribution < -0.4 is 4.90 Å². The van der Waals surface area contributed by atoms with Crippen LogP contribution in [0.25, 0.3) is 0 Å². The first kappa shape index (κ1) is 15.2. The number of aromatic nitrogens is 1. The molecule has 1 fully saturated rings. The van der Waals surface area contributed by atoms with Gasteiger partial charge in [-0.05, 0) is 44.0 Å². The van der Waals surface area contributed by atoms with E-state index >= 15 is 0 Å². The number of rotatable bonds is 3. The minimum atomic E-state index is -3.59. The summed E-state index contributed by atoms with van der Waals surface area (Å²) in [6.45, 7) is 0.341. The van der Waals surface area contributed by atoms with Crippen LogP contribution in [0.5, 0.6) is 0 Å². The summed E-state index contributed by atoms with van der Waals surface area (Å²) < 4.78 is 23.3. The number of carbonyl (C=O) groups is 1. The molecule has 1 aliphatic rings. The Kier molecular flexibility index (Phi) is 4.54. The van der Waals surface area contributed by atoms with E-state index in [2.05, 4.69) is 36.8 Å². The van der Waals surface area contributed by atoms with E-state index in [9.17, 15) is 13.2 Å². The van der Waals surface area contributed by atoms with Crippen LogP contribution in [0.3, 0.4) is 0 Å². The molecule has 5 nitrogen and oxygen atoms in total. The second-order valence-electron chi connectivity index (χ2n) is 4.25. The van der Waals surface area contributed by atoms with E-state index in [4.69, 9.17) is 10.7 Å². The third kappa shape index (κ3) is 4.14. The molecule has 1 aromatic heterocycles. The van der Waals surface area contributed by atoms with Crippen LogP contribution in [0.4, 0.5) is 5.69 Å². The van der Waals surface area contributed by atoms with Crippen molar-refractivity contribution in [1.82, 2.24) is 4.98 Å². The van der Waals surface area contributed by atoms with Gasteiger partial charge in [0.05, 0.1) is 5.75 Å². The van der Waals surface area contributed by atoms with Crippen LogP contribution in [0.1, 0.15) is 6.42 Å². The van der Waals surface area contributed by atoms with Gasteiger partial charge >= 0.3 is 0 Å². The van der Waals surface area contributed by atoms with Crippen molar-refractivity contribution in [2.24, 2.45) is 5.92 Å². The highest BCUT2D eigenvalue weighted by molar-refractivity contribution is 9.11. The second kappa shape index (κ2) is 5.67. The molecular weight excluding hydrogens is 423 g/mol. The topological polar surface area (TPSA) is 67.3 Å². The van der Waals surface area contributed by atoms with E-state index < -0.39 is 9.05 Å². The van der Waals surface area contributed by atoms with Crippen LogP contribution in [0, 0.1) is 5.92 Å². The molecule has 0 aromatic carbocycles. The molecule has 0 spiro atoms.